The minimum atomic E-state index is -6.35. The number of phosphoric ester groups is 2. The summed E-state index contributed by atoms with van der Waals surface area (Å²) >= 11 is 1.84. The standard InChI is InChI=1S/C41H63N9O27P4S/c51-27(10-2-1-5-14-42-28(52)11-4-3-9-26-31-23(21-82-26)45-39(60)47-31)44-16-7-12-29(53)43-15-6-8-22-18-50(41(62)48-36(22)59)38-35(58)33(56)25(74-38)20-72-79(65,66)76-81(69,70)77-80(67,68)75-78(63,64)71-19-24-32(55)34(57)37(73-24)49-17-13-30(54)46-40(49)61/h6,8,13,17-18,23-26,31-35,37-38,55-58H,1-5,7,9-12,14-16,19-21H2,(H,42,52)(H,43,53)(H,44,51)(H,63,64)(H,65,66)(H,67,68)(H,69,70)(H2,45,47,60)(H,46,54,61)(H,48,59,62)/b8-6+/t23?,24-,25-,26+,31?,32-,33-,34-,35-,37-,38-/m1/s1. The van der Waals surface area contributed by atoms with E-state index < -0.39 is 122 Å². The predicted molar refractivity (Wildman–Crippen MR) is 279 cm³/mol. The van der Waals surface area contributed by atoms with Crippen LogP contribution in [0.25, 0.3) is 6.08 Å². The molecule has 0 radical (unpaired) electrons. The fraction of sp³-hybridized carbons (Fsp3) is 0.659. The normalized spacial score (nSPS) is 28.0. The van der Waals surface area contributed by atoms with Crippen LogP contribution in [0, 0.1) is 0 Å². The number of carbonyl (C=O) groups excluding carboxylic acids is 4. The van der Waals surface area contributed by atoms with E-state index in [1.54, 1.807) is 0 Å². The summed E-state index contributed by atoms with van der Waals surface area (Å²) in [4.78, 5) is 141. The Balaban J connectivity index is 0.843. The smallest absolute Gasteiger partial charge is 0.387 e. The summed E-state index contributed by atoms with van der Waals surface area (Å²) in [6, 6.07) is 1.05. The molecule has 0 aliphatic carbocycles. The lowest BCUT2D eigenvalue weighted by atomic mass is 10.0. The summed E-state index contributed by atoms with van der Waals surface area (Å²) in [5.74, 6) is 0.272. The lowest BCUT2D eigenvalue weighted by Gasteiger charge is -2.21. The molecule has 2 aromatic rings. The molecule has 4 aliphatic rings. The Labute approximate surface area is 467 Å². The van der Waals surface area contributed by atoms with Crippen LogP contribution < -0.4 is 49.1 Å². The molecule has 0 spiro atoms. The second-order valence-corrected chi connectivity index (χ2v) is 26.3. The highest BCUT2D eigenvalue weighted by Crippen LogP contribution is 2.71. The first-order valence-electron chi connectivity index (χ1n) is 25.1. The maximum atomic E-state index is 12.8. The van der Waals surface area contributed by atoms with E-state index in [2.05, 4.69) is 48.6 Å². The third-order valence-electron chi connectivity index (χ3n) is 12.6. The number of aliphatic hydroxyl groups is 4. The Hall–Kier alpha value is -4.55. The van der Waals surface area contributed by atoms with Gasteiger partial charge in [0.2, 0.25) is 17.7 Å². The molecule has 41 heteroatoms. The van der Waals surface area contributed by atoms with E-state index in [4.69, 9.17) is 9.47 Å². The maximum Gasteiger partial charge on any atom is 0.490 e. The number of ether oxygens (including phenoxy) is 2. The van der Waals surface area contributed by atoms with Crippen molar-refractivity contribution >= 4 is 72.9 Å². The van der Waals surface area contributed by atoms with Crippen molar-refractivity contribution in [1.29, 1.82) is 0 Å². The molecule has 2 aromatic heterocycles. The number of aromatic amines is 2. The van der Waals surface area contributed by atoms with Crippen LogP contribution in [0.4, 0.5) is 4.79 Å². The molecular formula is C41H63N9O27P4S. The van der Waals surface area contributed by atoms with E-state index in [-0.39, 0.29) is 61.4 Å². The van der Waals surface area contributed by atoms with Gasteiger partial charge < -0.3 is 76.1 Å². The lowest BCUT2D eigenvalue weighted by Crippen LogP contribution is -2.38. The fourth-order valence-corrected chi connectivity index (χ4v) is 15.1. The van der Waals surface area contributed by atoms with E-state index in [1.165, 1.54) is 12.2 Å². The minimum absolute atomic E-state index is 0.0248. The van der Waals surface area contributed by atoms with Gasteiger partial charge in [-0.3, -0.25) is 52.1 Å². The number of urea groups is 1. The molecule has 0 saturated carbocycles. The molecule has 0 aromatic carbocycles. The quantitative estimate of drug-likeness (QED) is 0.0200. The van der Waals surface area contributed by atoms with Crippen molar-refractivity contribution in [3.8, 4) is 0 Å². The van der Waals surface area contributed by atoms with Gasteiger partial charge in [0.25, 0.3) is 11.1 Å². The van der Waals surface area contributed by atoms with Crippen LogP contribution in [-0.2, 0) is 64.1 Å². The number of hydrogen-bond acceptors (Lipinski definition) is 24. The van der Waals surface area contributed by atoms with Crippen LogP contribution in [0.5, 0.6) is 0 Å². The number of nitrogens with zero attached hydrogens (tertiary/aromatic N) is 2. The number of fused-ring (bicyclic) bond motifs is 1. The largest absolute Gasteiger partial charge is 0.490 e. The van der Waals surface area contributed by atoms with Crippen molar-refractivity contribution in [2.45, 2.75) is 131 Å². The van der Waals surface area contributed by atoms with Crippen molar-refractivity contribution in [2.75, 3.05) is 38.6 Å². The molecule has 4 aliphatic heterocycles. The first-order chi connectivity index (χ1) is 38.5. The number of aromatic nitrogens is 4. The highest BCUT2D eigenvalue weighted by molar-refractivity contribution is 8.00. The first-order valence-corrected chi connectivity index (χ1v) is 32.2. The maximum absolute atomic E-state index is 12.8. The van der Waals surface area contributed by atoms with Gasteiger partial charge in [-0.05, 0) is 32.1 Å². The Bertz CT molecular complexity index is 3070. The summed E-state index contributed by atoms with van der Waals surface area (Å²) < 4.78 is 82.3. The minimum Gasteiger partial charge on any atom is -0.387 e. The van der Waals surface area contributed by atoms with Gasteiger partial charge in [0, 0.05) is 68.4 Å². The molecule has 4 fully saturated rings. The van der Waals surface area contributed by atoms with E-state index >= 15 is 0 Å². The molecule has 6 rings (SSSR count). The van der Waals surface area contributed by atoms with Crippen LogP contribution in [0.15, 0.2) is 43.7 Å². The molecule has 36 nitrogen and oxygen atoms in total. The summed E-state index contributed by atoms with van der Waals surface area (Å²) in [5.41, 5.74) is -4.28. The van der Waals surface area contributed by atoms with Gasteiger partial charge in [-0.25, -0.2) is 32.6 Å². The fourth-order valence-electron chi connectivity index (χ4n) is 8.62. The number of H-pyrrole nitrogens is 2. The third kappa shape index (κ3) is 19.8. The molecule has 460 valence electrons. The highest BCUT2D eigenvalue weighted by atomic mass is 32.2. The van der Waals surface area contributed by atoms with Gasteiger partial charge in [-0.15, -0.1) is 0 Å². The van der Waals surface area contributed by atoms with Crippen LogP contribution in [0.1, 0.15) is 82.2 Å². The van der Waals surface area contributed by atoms with Crippen molar-refractivity contribution in [2.24, 2.45) is 0 Å². The molecular weight excluding hydrogens is 1210 g/mol. The summed E-state index contributed by atoms with van der Waals surface area (Å²) in [7, 11) is -24.5. The Morgan fingerprint density at radius 3 is 1.78 bits per heavy atom. The van der Waals surface area contributed by atoms with E-state index in [0.29, 0.717) is 46.6 Å². The Morgan fingerprint density at radius 1 is 0.659 bits per heavy atom. The van der Waals surface area contributed by atoms with Crippen molar-refractivity contribution in [1.82, 2.24) is 45.7 Å². The number of hydrogen-bond donors (Lipinski definition) is 15. The number of carbonyl (C=O) groups is 4. The van der Waals surface area contributed by atoms with Gasteiger partial charge in [0.15, 0.2) is 12.5 Å². The van der Waals surface area contributed by atoms with Crippen LogP contribution in [0.2, 0.25) is 0 Å². The molecule has 6 heterocycles. The average molecular weight is 1270 g/mol. The number of amides is 5. The molecule has 15 N–H and O–H groups in total. The highest BCUT2D eigenvalue weighted by Gasteiger charge is 2.50. The monoisotopic (exact) mass is 1270 g/mol. The predicted octanol–water partition coefficient (Wildman–Crippen LogP) is -2.76. The zero-order valence-electron chi connectivity index (χ0n) is 43.0. The summed E-state index contributed by atoms with van der Waals surface area (Å²) in [6.45, 7) is -1.93. The number of aliphatic hydroxyl groups excluding tert-OH is 4. The zero-order valence-corrected chi connectivity index (χ0v) is 47.4. The Kier molecular flexibility index (Phi) is 24.0. The van der Waals surface area contributed by atoms with Gasteiger partial charge in [0.05, 0.1) is 30.9 Å². The van der Waals surface area contributed by atoms with Gasteiger partial charge in [-0.2, -0.15) is 24.7 Å². The van der Waals surface area contributed by atoms with E-state index in [0.717, 1.165) is 49.9 Å². The molecule has 0 bridgehead atoms. The summed E-state index contributed by atoms with van der Waals surface area (Å²) in [6.07, 6.45) is -5.18. The zero-order chi connectivity index (χ0) is 60.2. The van der Waals surface area contributed by atoms with Gasteiger partial charge in [0.1, 0.15) is 36.6 Å². The first kappa shape index (κ1) is 66.6. The van der Waals surface area contributed by atoms with Gasteiger partial charge in [-0.1, -0.05) is 25.0 Å². The number of phosphoric acid groups is 4. The summed E-state index contributed by atoms with van der Waals surface area (Å²) in [5, 5.41) is 56.3. The van der Waals surface area contributed by atoms with Gasteiger partial charge >= 0.3 is 48.7 Å². The Morgan fingerprint density at radius 2 is 1.18 bits per heavy atom. The molecule has 82 heavy (non-hydrogen) atoms. The van der Waals surface area contributed by atoms with E-state index in [1.807, 2.05) is 21.7 Å². The average Bonchev–Trinajstić information content (AvgIpc) is 4.25. The lowest BCUT2D eigenvalue weighted by molar-refractivity contribution is -0.122. The van der Waals surface area contributed by atoms with Crippen LogP contribution in [0.3, 0.4) is 0 Å². The second kappa shape index (κ2) is 29.5. The second-order valence-electron chi connectivity index (χ2n) is 18.8. The molecule has 5 amide bonds. The van der Waals surface area contributed by atoms with Crippen molar-refractivity contribution in [3.63, 3.8) is 0 Å². The number of thioether (sulfide) groups is 1. The SMILES string of the molecule is O=C(CCCNC(=O)CCCCCNC(=O)CCCC[C@@H]1SCC2NC(=O)NC21)NC/C=C/c1cn([C@@H]2O[C@H](COP(=O)(O)OP(=O)(O)OP(=O)(O)OP(=O)(O)OC[C@H]3O[C@@H](n4ccc(=O)[nH]c4=O)[C@H](O)[C@@H]3O)[C@@H](O)[C@H]2O)c(=O)[nH]c1=O. The number of rotatable bonds is 32. The number of unbranched alkanes of at least 4 members (excludes halogenated alkanes) is 3. The number of nitrogens with one attached hydrogen (secondary N) is 7. The van der Waals surface area contributed by atoms with Crippen molar-refractivity contribution < 1.29 is 109 Å². The molecule has 4 saturated heterocycles. The van der Waals surface area contributed by atoms with Crippen LogP contribution >= 0.6 is 43.1 Å². The van der Waals surface area contributed by atoms with Crippen LogP contribution in [-0.4, -0.2) is 175 Å². The van der Waals surface area contributed by atoms with E-state index in [9.17, 15) is 96.6 Å². The molecule has 6 unspecified atom stereocenters. The molecule has 15 atom stereocenters. The third-order valence-corrected chi connectivity index (χ3v) is 20.0. The van der Waals surface area contributed by atoms with Crippen molar-refractivity contribution in [3.05, 3.63) is 71.8 Å². The topological polar surface area (TPSA) is 533 Å².